The van der Waals surface area contributed by atoms with Gasteiger partial charge in [0.1, 0.15) is 5.82 Å². The van der Waals surface area contributed by atoms with Crippen molar-refractivity contribution in [2.24, 2.45) is 0 Å². The van der Waals surface area contributed by atoms with E-state index in [9.17, 15) is 4.39 Å². The SMILES string of the molecule is CC#Cc1nc2c3cnn(CCCl)c3nc(N)n2n1.Fc1cc(Cl)ccc1N1CCNCC1. The summed E-state index contributed by atoms with van der Waals surface area (Å²) in [5.74, 6) is 6.41. The zero-order valence-corrected chi connectivity index (χ0v) is 19.4. The van der Waals surface area contributed by atoms with E-state index in [-0.39, 0.29) is 11.8 Å². The normalized spacial score (nSPS) is 13.5. The molecular formula is C21H22Cl2FN9. The third-order valence-corrected chi connectivity index (χ3v) is 5.40. The van der Waals surface area contributed by atoms with Crippen molar-refractivity contribution in [1.29, 1.82) is 0 Å². The van der Waals surface area contributed by atoms with Crippen LogP contribution in [0.3, 0.4) is 0 Å². The summed E-state index contributed by atoms with van der Waals surface area (Å²) in [4.78, 5) is 10.7. The number of nitrogen functional groups attached to an aromatic ring is 1. The number of nitrogens with zero attached hydrogens (tertiary/aromatic N) is 7. The van der Waals surface area contributed by atoms with Crippen LogP contribution in [-0.4, -0.2) is 61.4 Å². The van der Waals surface area contributed by atoms with Gasteiger partial charge in [0.05, 0.1) is 23.8 Å². The topological polar surface area (TPSA) is 102 Å². The summed E-state index contributed by atoms with van der Waals surface area (Å²) < 4.78 is 16.6. The van der Waals surface area contributed by atoms with Crippen LogP contribution in [0.1, 0.15) is 12.7 Å². The standard InChI is InChI=1S/C11H10ClN7.C10H12ClFN2/c1-2-3-8-15-10-7-6-14-18(5-4-12)9(7)16-11(13)19(10)17-8;11-8-1-2-10(9(12)7-8)14-5-3-13-4-6-14/h6H,4-5H2,1H3,(H2,13,16);1-2,7,13H,3-6H2. The van der Waals surface area contributed by atoms with E-state index in [4.69, 9.17) is 28.9 Å². The van der Waals surface area contributed by atoms with Crippen LogP contribution < -0.4 is 16.0 Å². The van der Waals surface area contributed by atoms with E-state index < -0.39 is 0 Å². The highest BCUT2D eigenvalue weighted by molar-refractivity contribution is 6.30. The van der Waals surface area contributed by atoms with Gasteiger partial charge < -0.3 is 16.0 Å². The van der Waals surface area contributed by atoms with Crippen molar-refractivity contribution in [3.05, 3.63) is 41.1 Å². The van der Waals surface area contributed by atoms with Crippen LogP contribution in [0.5, 0.6) is 0 Å². The van der Waals surface area contributed by atoms with Gasteiger partial charge in [0, 0.05) is 37.1 Å². The molecule has 0 atom stereocenters. The van der Waals surface area contributed by atoms with E-state index in [1.807, 2.05) is 4.90 Å². The van der Waals surface area contributed by atoms with Crippen LogP contribution in [-0.2, 0) is 6.54 Å². The molecule has 172 valence electrons. The minimum atomic E-state index is -0.237. The Kier molecular flexibility index (Phi) is 7.13. The Morgan fingerprint density at radius 2 is 2.00 bits per heavy atom. The van der Waals surface area contributed by atoms with E-state index in [0.29, 0.717) is 40.3 Å². The molecule has 1 saturated heterocycles. The van der Waals surface area contributed by atoms with Gasteiger partial charge in [-0.15, -0.1) is 16.7 Å². The van der Waals surface area contributed by atoms with E-state index in [2.05, 4.69) is 37.3 Å². The smallest absolute Gasteiger partial charge is 0.226 e. The molecule has 0 bridgehead atoms. The third-order valence-electron chi connectivity index (χ3n) is 5.00. The minimum absolute atomic E-state index is 0.237. The number of aryl methyl sites for hydroxylation is 1. The molecule has 4 aromatic rings. The maximum atomic E-state index is 13.5. The molecule has 1 aliphatic heterocycles. The summed E-state index contributed by atoms with van der Waals surface area (Å²) in [6.45, 7) is 5.78. The number of nitrogens with two attached hydrogens (primary N) is 1. The second-order valence-corrected chi connectivity index (χ2v) is 7.96. The Bertz CT molecular complexity index is 1330. The lowest BCUT2D eigenvalue weighted by atomic mass is 10.2. The fourth-order valence-electron chi connectivity index (χ4n) is 3.51. The highest BCUT2D eigenvalue weighted by Crippen LogP contribution is 2.23. The van der Waals surface area contributed by atoms with Crippen LogP contribution in [0.15, 0.2) is 24.4 Å². The lowest BCUT2D eigenvalue weighted by molar-refractivity contribution is 0.566. The fraction of sp³-hybridized carbons (Fsp3) is 0.333. The van der Waals surface area contributed by atoms with Crippen LogP contribution in [0.2, 0.25) is 5.02 Å². The van der Waals surface area contributed by atoms with Crippen molar-refractivity contribution in [1.82, 2.24) is 34.7 Å². The second kappa shape index (κ2) is 10.2. The first-order chi connectivity index (χ1) is 16.0. The Morgan fingerprint density at radius 1 is 1.21 bits per heavy atom. The summed E-state index contributed by atoms with van der Waals surface area (Å²) in [6.07, 6.45) is 1.68. The molecule has 1 aliphatic rings. The van der Waals surface area contributed by atoms with E-state index >= 15 is 0 Å². The van der Waals surface area contributed by atoms with Crippen LogP contribution in [0.4, 0.5) is 16.0 Å². The summed E-state index contributed by atoms with van der Waals surface area (Å²) >= 11 is 11.4. The number of hydrogen-bond acceptors (Lipinski definition) is 7. The number of rotatable bonds is 3. The molecular weight excluding hydrogens is 468 g/mol. The third kappa shape index (κ3) is 4.95. The van der Waals surface area contributed by atoms with Crippen molar-refractivity contribution in [2.75, 3.05) is 42.7 Å². The summed E-state index contributed by atoms with van der Waals surface area (Å²) in [7, 11) is 0. The molecule has 0 spiro atoms. The Balaban J connectivity index is 0.000000165. The Labute approximate surface area is 199 Å². The average molecular weight is 490 g/mol. The van der Waals surface area contributed by atoms with E-state index in [0.717, 1.165) is 31.6 Å². The number of fused-ring (bicyclic) bond motifs is 3. The maximum absolute atomic E-state index is 13.5. The number of alkyl halides is 1. The van der Waals surface area contributed by atoms with Crippen molar-refractivity contribution < 1.29 is 4.39 Å². The predicted octanol–water partition coefficient (Wildman–Crippen LogP) is 2.56. The molecule has 9 nitrogen and oxygen atoms in total. The van der Waals surface area contributed by atoms with Gasteiger partial charge in [0.15, 0.2) is 11.3 Å². The second-order valence-electron chi connectivity index (χ2n) is 7.14. The average Bonchev–Trinajstić information content (AvgIpc) is 3.40. The van der Waals surface area contributed by atoms with Crippen LogP contribution in [0.25, 0.3) is 16.7 Å². The molecule has 4 heterocycles. The summed E-state index contributed by atoms with van der Waals surface area (Å²) in [5, 5.41) is 12.9. The number of hydrogen-bond donors (Lipinski definition) is 2. The number of nitrogens with one attached hydrogen (secondary N) is 1. The lowest BCUT2D eigenvalue weighted by Gasteiger charge is -2.29. The molecule has 3 aromatic heterocycles. The molecule has 0 radical (unpaired) electrons. The van der Waals surface area contributed by atoms with Gasteiger partial charge in [-0.1, -0.05) is 17.5 Å². The zero-order valence-electron chi connectivity index (χ0n) is 17.9. The van der Waals surface area contributed by atoms with Crippen molar-refractivity contribution in [2.45, 2.75) is 13.5 Å². The summed E-state index contributed by atoms with van der Waals surface area (Å²) in [6, 6.07) is 4.82. The van der Waals surface area contributed by atoms with Crippen molar-refractivity contribution in [3.8, 4) is 11.8 Å². The molecule has 0 unspecified atom stereocenters. The Hall–Kier alpha value is -3.13. The molecule has 0 saturated carbocycles. The van der Waals surface area contributed by atoms with Gasteiger partial charge in [-0.2, -0.15) is 19.6 Å². The van der Waals surface area contributed by atoms with Gasteiger partial charge in [0.2, 0.25) is 11.8 Å². The monoisotopic (exact) mass is 489 g/mol. The summed E-state index contributed by atoms with van der Waals surface area (Å²) in [5.41, 5.74) is 7.78. The molecule has 5 rings (SSSR count). The zero-order chi connectivity index (χ0) is 23.4. The number of piperazine rings is 1. The predicted molar refractivity (Wildman–Crippen MR) is 128 cm³/mol. The largest absolute Gasteiger partial charge is 0.368 e. The number of benzene rings is 1. The van der Waals surface area contributed by atoms with Gasteiger partial charge in [0.25, 0.3) is 0 Å². The number of aromatic nitrogens is 6. The quantitative estimate of drug-likeness (QED) is 0.336. The number of anilines is 2. The maximum Gasteiger partial charge on any atom is 0.226 e. The van der Waals surface area contributed by atoms with E-state index in [1.165, 1.54) is 10.6 Å². The Morgan fingerprint density at radius 3 is 2.70 bits per heavy atom. The fourth-order valence-corrected chi connectivity index (χ4v) is 3.83. The molecule has 12 heteroatoms. The van der Waals surface area contributed by atoms with Crippen molar-refractivity contribution in [3.63, 3.8) is 0 Å². The van der Waals surface area contributed by atoms with Crippen molar-refractivity contribution >= 4 is 51.5 Å². The first-order valence-corrected chi connectivity index (χ1v) is 11.2. The molecule has 1 fully saturated rings. The highest BCUT2D eigenvalue weighted by atomic mass is 35.5. The highest BCUT2D eigenvalue weighted by Gasteiger charge is 2.15. The van der Waals surface area contributed by atoms with Gasteiger partial charge in [-0.3, -0.25) is 0 Å². The molecule has 1 aromatic carbocycles. The molecule has 33 heavy (non-hydrogen) atoms. The molecule has 0 amide bonds. The number of halogens is 3. The van der Waals surface area contributed by atoms with Gasteiger partial charge >= 0.3 is 0 Å². The van der Waals surface area contributed by atoms with Gasteiger partial charge in [-0.25, -0.2) is 9.07 Å². The van der Waals surface area contributed by atoms with Gasteiger partial charge in [-0.05, 0) is 31.0 Å². The lowest BCUT2D eigenvalue weighted by Crippen LogP contribution is -2.43. The van der Waals surface area contributed by atoms with E-state index in [1.54, 1.807) is 29.9 Å². The van der Waals surface area contributed by atoms with Crippen LogP contribution in [0, 0.1) is 17.7 Å². The molecule has 0 aliphatic carbocycles. The molecule has 3 N–H and O–H groups in total. The van der Waals surface area contributed by atoms with Crippen LogP contribution >= 0.6 is 23.2 Å². The first-order valence-electron chi connectivity index (χ1n) is 10.3. The first kappa shape index (κ1) is 23.0. The minimum Gasteiger partial charge on any atom is -0.368 e.